The number of carboxylic acid groups (broad SMARTS) is 5. The fraction of sp³-hybridized carbons (Fsp3) is 0.0556. The highest BCUT2D eigenvalue weighted by Gasteiger charge is 2.05. The Bertz CT molecular complexity index is 713. The van der Waals surface area contributed by atoms with Gasteiger partial charge in [0.25, 0.3) is 5.97 Å². The van der Waals surface area contributed by atoms with Crippen LogP contribution in [0.2, 0.25) is 0 Å². The Morgan fingerprint density at radius 3 is 0.643 bits per heavy atom. The Morgan fingerprint density at radius 1 is 0.464 bits per heavy atom. The molecule has 2 rings (SSSR count). The van der Waals surface area contributed by atoms with E-state index in [4.69, 9.17) is 30.3 Å². The predicted molar refractivity (Wildman–Crippen MR) is 94.0 cm³/mol. The Morgan fingerprint density at radius 2 is 0.571 bits per heavy atom. The zero-order valence-electron chi connectivity index (χ0n) is 14.4. The zero-order chi connectivity index (χ0) is 21.9. The molecule has 0 radical (unpaired) electrons. The molecule has 148 valence electrons. The molecule has 0 aliphatic heterocycles. The molecule has 10 heteroatoms. The lowest BCUT2D eigenvalue weighted by Crippen LogP contribution is -1.99. The molecule has 10 nitrogen and oxygen atoms in total. The highest BCUT2D eigenvalue weighted by atomic mass is 16.4. The van der Waals surface area contributed by atoms with Gasteiger partial charge in [-0.3, -0.25) is 4.79 Å². The maximum absolute atomic E-state index is 10.3. The third kappa shape index (κ3) is 9.32. The lowest BCUT2D eigenvalue weighted by Gasteiger charge is -1.94. The number of carboxylic acids is 5. The van der Waals surface area contributed by atoms with Crippen LogP contribution in [-0.4, -0.2) is 55.4 Å². The topological polar surface area (TPSA) is 186 Å². The van der Waals surface area contributed by atoms with Crippen LogP contribution in [0.3, 0.4) is 0 Å². The molecule has 0 saturated carbocycles. The number of hydrogen-bond acceptors (Lipinski definition) is 5. The second kappa shape index (κ2) is 11.4. The van der Waals surface area contributed by atoms with Gasteiger partial charge in [-0.1, -0.05) is 0 Å². The molecule has 0 bridgehead atoms. The SMILES string of the molecule is CC(=O)O.O=C(O)c1ccc(C(=O)O)cc1.O=C(O)c1ccc(C(=O)O)cc1. The summed E-state index contributed by atoms with van der Waals surface area (Å²) in [5, 5.41) is 41.3. The molecule has 5 N–H and O–H groups in total. The van der Waals surface area contributed by atoms with Gasteiger partial charge >= 0.3 is 23.9 Å². The lowest BCUT2D eigenvalue weighted by atomic mass is 10.1. The normalized spacial score (nSPS) is 8.89. The third-order valence-electron chi connectivity index (χ3n) is 2.76. The molecular formula is C18H16O10. The van der Waals surface area contributed by atoms with Crippen LogP contribution in [0.25, 0.3) is 0 Å². The van der Waals surface area contributed by atoms with Gasteiger partial charge in [-0.25, -0.2) is 19.2 Å². The average Bonchev–Trinajstić information content (AvgIpc) is 2.61. The Balaban J connectivity index is 0.000000439. The van der Waals surface area contributed by atoms with Gasteiger partial charge in [0.1, 0.15) is 0 Å². The van der Waals surface area contributed by atoms with Crippen LogP contribution in [0, 0.1) is 0 Å². The number of carbonyl (C=O) groups is 5. The van der Waals surface area contributed by atoms with E-state index in [0.29, 0.717) is 0 Å². The summed E-state index contributed by atoms with van der Waals surface area (Å²) in [6.07, 6.45) is 0. The average molecular weight is 392 g/mol. The van der Waals surface area contributed by atoms with Gasteiger partial charge in [0, 0.05) is 6.92 Å². The second-order valence-corrected chi connectivity index (χ2v) is 4.89. The van der Waals surface area contributed by atoms with Crippen molar-refractivity contribution in [3.63, 3.8) is 0 Å². The molecule has 28 heavy (non-hydrogen) atoms. The highest BCUT2D eigenvalue weighted by molar-refractivity contribution is 5.92. The second-order valence-electron chi connectivity index (χ2n) is 4.89. The molecular weight excluding hydrogens is 376 g/mol. The van der Waals surface area contributed by atoms with Crippen molar-refractivity contribution in [2.24, 2.45) is 0 Å². The van der Waals surface area contributed by atoms with Crippen LogP contribution in [0.4, 0.5) is 0 Å². The monoisotopic (exact) mass is 392 g/mol. The first-order chi connectivity index (χ1) is 13.0. The smallest absolute Gasteiger partial charge is 0.335 e. The van der Waals surface area contributed by atoms with E-state index in [9.17, 15) is 19.2 Å². The molecule has 0 aliphatic carbocycles. The Hall–Kier alpha value is -4.21. The molecule has 0 saturated heterocycles. The van der Waals surface area contributed by atoms with E-state index < -0.39 is 29.8 Å². The minimum Gasteiger partial charge on any atom is -0.481 e. The molecule has 0 aromatic heterocycles. The van der Waals surface area contributed by atoms with Crippen LogP contribution in [0.5, 0.6) is 0 Å². The van der Waals surface area contributed by atoms with Crippen molar-refractivity contribution in [3.8, 4) is 0 Å². The van der Waals surface area contributed by atoms with Gasteiger partial charge in [0.2, 0.25) is 0 Å². The maximum atomic E-state index is 10.3. The molecule has 0 unspecified atom stereocenters. The van der Waals surface area contributed by atoms with Crippen molar-refractivity contribution in [1.29, 1.82) is 0 Å². The lowest BCUT2D eigenvalue weighted by molar-refractivity contribution is -0.134. The minimum absolute atomic E-state index is 0.0833. The summed E-state index contributed by atoms with van der Waals surface area (Å²) < 4.78 is 0. The summed E-state index contributed by atoms with van der Waals surface area (Å²) in [5.41, 5.74) is 0.333. The van der Waals surface area contributed by atoms with Crippen LogP contribution in [0.15, 0.2) is 48.5 Å². The quantitative estimate of drug-likeness (QED) is 0.516. The van der Waals surface area contributed by atoms with E-state index in [-0.39, 0.29) is 22.3 Å². The molecule has 0 aliphatic rings. The highest BCUT2D eigenvalue weighted by Crippen LogP contribution is 2.04. The van der Waals surface area contributed by atoms with Crippen LogP contribution >= 0.6 is 0 Å². The Kier molecular flexibility index (Phi) is 9.70. The number of rotatable bonds is 4. The summed E-state index contributed by atoms with van der Waals surface area (Å²) in [5.74, 6) is -5.09. The number of benzene rings is 2. The van der Waals surface area contributed by atoms with Crippen molar-refractivity contribution in [3.05, 3.63) is 70.8 Å². The standard InChI is InChI=1S/2C8H6O4.C2H4O2/c2*9-7(10)5-1-2-6(4-3-5)8(11)12;1-2(3)4/h2*1-4H,(H,9,10)(H,11,12);1H3,(H,3,4). The van der Waals surface area contributed by atoms with Crippen molar-refractivity contribution < 1.29 is 49.5 Å². The largest absolute Gasteiger partial charge is 0.481 e. The van der Waals surface area contributed by atoms with Crippen LogP contribution in [-0.2, 0) is 4.79 Å². The van der Waals surface area contributed by atoms with Crippen molar-refractivity contribution >= 4 is 29.8 Å². The Labute approximate surface area is 157 Å². The van der Waals surface area contributed by atoms with Crippen LogP contribution < -0.4 is 0 Å². The first kappa shape index (κ1) is 23.8. The first-order valence-electron chi connectivity index (χ1n) is 7.28. The summed E-state index contributed by atoms with van der Waals surface area (Å²) in [4.78, 5) is 50.3. The fourth-order valence-corrected chi connectivity index (χ4v) is 1.51. The first-order valence-corrected chi connectivity index (χ1v) is 7.28. The van der Waals surface area contributed by atoms with Crippen LogP contribution in [0.1, 0.15) is 48.4 Å². The summed E-state index contributed by atoms with van der Waals surface area (Å²) in [6.45, 7) is 1.08. The molecule has 0 atom stereocenters. The zero-order valence-corrected chi connectivity index (χ0v) is 14.4. The van der Waals surface area contributed by atoms with E-state index in [1.807, 2.05) is 0 Å². The van der Waals surface area contributed by atoms with Gasteiger partial charge in [0.15, 0.2) is 0 Å². The summed E-state index contributed by atoms with van der Waals surface area (Å²) >= 11 is 0. The van der Waals surface area contributed by atoms with Crippen molar-refractivity contribution in [1.82, 2.24) is 0 Å². The van der Waals surface area contributed by atoms with E-state index >= 15 is 0 Å². The van der Waals surface area contributed by atoms with Crippen molar-refractivity contribution in [2.75, 3.05) is 0 Å². The number of hydrogen-bond donors (Lipinski definition) is 5. The van der Waals surface area contributed by atoms with Crippen molar-refractivity contribution in [2.45, 2.75) is 6.92 Å². The molecule has 2 aromatic rings. The molecule has 0 spiro atoms. The number of aromatic carboxylic acids is 4. The van der Waals surface area contributed by atoms with Gasteiger partial charge in [0.05, 0.1) is 22.3 Å². The van der Waals surface area contributed by atoms with Gasteiger partial charge in [-0.15, -0.1) is 0 Å². The van der Waals surface area contributed by atoms with Gasteiger partial charge in [-0.2, -0.15) is 0 Å². The number of aliphatic carboxylic acids is 1. The molecule has 0 fully saturated rings. The predicted octanol–water partition coefficient (Wildman–Crippen LogP) is 2.26. The summed E-state index contributed by atoms with van der Waals surface area (Å²) in [7, 11) is 0. The third-order valence-corrected chi connectivity index (χ3v) is 2.76. The van der Waals surface area contributed by atoms with E-state index in [1.165, 1.54) is 48.5 Å². The van der Waals surface area contributed by atoms with E-state index in [2.05, 4.69) is 0 Å². The maximum Gasteiger partial charge on any atom is 0.335 e. The molecule has 2 aromatic carbocycles. The van der Waals surface area contributed by atoms with E-state index in [0.717, 1.165) is 6.92 Å². The summed E-state index contributed by atoms with van der Waals surface area (Å²) in [6, 6.07) is 10.0. The van der Waals surface area contributed by atoms with E-state index in [1.54, 1.807) is 0 Å². The van der Waals surface area contributed by atoms with Gasteiger partial charge in [-0.05, 0) is 48.5 Å². The molecule has 0 heterocycles. The minimum atomic E-state index is -1.06. The van der Waals surface area contributed by atoms with Gasteiger partial charge < -0.3 is 25.5 Å². The molecule has 0 amide bonds. The fourth-order valence-electron chi connectivity index (χ4n) is 1.51.